The summed E-state index contributed by atoms with van der Waals surface area (Å²) in [6, 6.07) is 7.30. The van der Waals surface area contributed by atoms with Crippen LogP contribution in [-0.4, -0.2) is 23.3 Å². The van der Waals surface area contributed by atoms with E-state index in [0.29, 0.717) is 11.0 Å². The van der Waals surface area contributed by atoms with Crippen LogP contribution in [0.2, 0.25) is 0 Å². The van der Waals surface area contributed by atoms with Crippen molar-refractivity contribution in [1.29, 1.82) is 0 Å². The average Bonchev–Trinajstić information content (AvgIpc) is 2.95. The van der Waals surface area contributed by atoms with E-state index in [2.05, 4.69) is 29.5 Å². The summed E-state index contributed by atoms with van der Waals surface area (Å²) in [5.41, 5.74) is 6.74. The van der Waals surface area contributed by atoms with E-state index in [0.717, 1.165) is 16.1 Å². The number of nitrogens with two attached hydrogens (primary N) is 1. The molecule has 23 heavy (non-hydrogen) atoms. The van der Waals surface area contributed by atoms with Gasteiger partial charge in [-0.15, -0.1) is 11.3 Å². The third-order valence-electron chi connectivity index (χ3n) is 3.12. The predicted molar refractivity (Wildman–Crippen MR) is 92.7 cm³/mol. The van der Waals surface area contributed by atoms with Crippen molar-refractivity contribution in [3.05, 3.63) is 40.9 Å². The molecule has 1 aromatic carbocycles. The fourth-order valence-electron chi connectivity index (χ4n) is 1.89. The first kappa shape index (κ1) is 17.0. The summed E-state index contributed by atoms with van der Waals surface area (Å²) in [4.78, 5) is 28.1. The highest BCUT2D eigenvalue weighted by Gasteiger charge is 2.09. The maximum absolute atomic E-state index is 12.0. The van der Waals surface area contributed by atoms with Gasteiger partial charge in [0.25, 0.3) is 0 Å². The highest BCUT2D eigenvalue weighted by molar-refractivity contribution is 7.15. The van der Waals surface area contributed by atoms with E-state index in [1.807, 2.05) is 24.3 Å². The third kappa shape index (κ3) is 5.37. The van der Waals surface area contributed by atoms with Crippen LogP contribution in [0.3, 0.4) is 0 Å². The molecule has 2 rings (SSSR count). The largest absolute Gasteiger partial charge is 0.376 e. The Hall–Kier alpha value is -2.41. The number of anilines is 2. The molecule has 0 aliphatic heterocycles. The quantitative estimate of drug-likeness (QED) is 0.725. The van der Waals surface area contributed by atoms with Gasteiger partial charge < -0.3 is 16.4 Å². The predicted octanol–water partition coefficient (Wildman–Crippen LogP) is 2.34. The number of thiazole rings is 1. The second-order valence-corrected chi connectivity index (χ2v) is 6.53. The lowest BCUT2D eigenvalue weighted by Crippen LogP contribution is -2.21. The van der Waals surface area contributed by atoms with E-state index in [9.17, 15) is 9.59 Å². The van der Waals surface area contributed by atoms with Crippen molar-refractivity contribution in [2.75, 3.05) is 17.2 Å². The summed E-state index contributed by atoms with van der Waals surface area (Å²) >= 11 is 1.49. The molecule has 0 atom stereocenters. The lowest BCUT2D eigenvalue weighted by Gasteiger charge is -2.06. The molecule has 0 fully saturated rings. The number of carbonyl (C=O) groups excluding carboxylic acids is 2. The third-order valence-corrected chi connectivity index (χ3v) is 4.34. The Balaban J connectivity index is 1.88. The van der Waals surface area contributed by atoms with Gasteiger partial charge in [0.05, 0.1) is 13.0 Å². The number of carbonyl (C=O) groups is 2. The fraction of sp³-hybridized carbons (Fsp3) is 0.312. The molecule has 6 nitrogen and oxygen atoms in total. The van der Waals surface area contributed by atoms with Crippen LogP contribution in [0.25, 0.3) is 0 Å². The number of hydrogen-bond acceptors (Lipinski definition) is 5. The van der Waals surface area contributed by atoms with Gasteiger partial charge in [-0.2, -0.15) is 0 Å². The number of amides is 2. The van der Waals surface area contributed by atoms with E-state index in [1.165, 1.54) is 11.3 Å². The normalized spacial score (nSPS) is 10.6. The minimum absolute atomic E-state index is 0.0854. The van der Waals surface area contributed by atoms with Crippen LogP contribution < -0.4 is 16.4 Å². The van der Waals surface area contributed by atoms with Crippen LogP contribution in [0, 0.1) is 0 Å². The molecule has 4 N–H and O–H groups in total. The summed E-state index contributed by atoms with van der Waals surface area (Å²) in [5, 5.41) is 6.33. The van der Waals surface area contributed by atoms with Crippen LogP contribution >= 0.6 is 11.3 Å². The van der Waals surface area contributed by atoms with Crippen molar-refractivity contribution in [1.82, 2.24) is 4.98 Å². The molecule has 0 unspecified atom stereocenters. The van der Waals surface area contributed by atoms with E-state index in [4.69, 9.17) is 5.73 Å². The first-order valence-electron chi connectivity index (χ1n) is 7.30. The second-order valence-electron chi connectivity index (χ2n) is 5.46. The van der Waals surface area contributed by atoms with Crippen LogP contribution in [0.15, 0.2) is 30.5 Å². The summed E-state index contributed by atoms with van der Waals surface area (Å²) in [7, 11) is 0. The van der Waals surface area contributed by atoms with Crippen LogP contribution in [0.5, 0.6) is 0 Å². The van der Waals surface area contributed by atoms with Crippen molar-refractivity contribution < 1.29 is 9.59 Å². The van der Waals surface area contributed by atoms with Crippen molar-refractivity contribution in [2.24, 2.45) is 5.73 Å². The summed E-state index contributed by atoms with van der Waals surface area (Å²) < 4.78 is 0. The number of hydrogen-bond donors (Lipinski definition) is 3. The molecule has 122 valence electrons. The van der Waals surface area contributed by atoms with Gasteiger partial charge in [0, 0.05) is 16.8 Å². The molecule has 1 aromatic heterocycles. The summed E-state index contributed by atoms with van der Waals surface area (Å²) in [5.74, 6) is -0.122. The van der Waals surface area contributed by atoms with Gasteiger partial charge in [-0.25, -0.2) is 4.98 Å². The standard InChI is InChI=1S/C16H20N4O2S/c1-10(2)13-8-19-16(23-13)20-15(22)7-11-3-5-12(6-4-11)18-9-14(17)21/h3-6,8,10,18H,7,9H2,1-2H3,(H2,17,21)(H,19,20,22). The monoisotopic (exact) mass is 332 g/mol. The number of nitrogens with one attached hydrogen (secondary N) is 2. The number of nitrogens with zero attached hydrogens (tertiary/aromatic N) is 1. The Morgan fingerprint density at radius 2 is 1.96 bits per heavy atom. The Bertz CT molecular complexity index is 680. The van der Waals surface area contributed by atoms with E-state index < -0.39 is 5.91 Å². The number of aromatic nitrogens is 1. The smallest absolute Gasteiger partial charge is 0.236 e. The van der Waals surface area contributed by atoms with Gasteiger partial charge >= 0.3 is 0 Å². The van der Waals surface area contributed by atoms with Crippen molar-refractivity contribution >= 4 is 34.0 Å². The number of benzene rings is 1. The minimum atomic E-state index is -0.419. The zero-order valence-corrected chi connectivity index (χ0v) is 13.9. The molecular formula is C16H20N4O2S. The molecule has 0 radical (unpaired) electrons. The molecule has 2 aromatic rings. The van der Waals surface area contributed by atoms with Gasteiger partial charge in [-0.1, -0.05) is 26.0 Å². The zero-order chi connectivity index (χ0) is 16.8. The van der Waals surface area contributed by atoms with Gasteiger partial charge in [0.15, 0.2) is 5.13 Å². The number of primary amides is 1. The van der Waals surface area contributed by atoms with Gasteiger partial charge in [-0.3, -0.25) is 9.59 Å². The fourth-order valence-corrected chi connectivity index (χ4v) is 2.72. The maximum Gasteiger partial charge on any atom is 0.236 e. The van der Waals surface area contributed by atoms with Gasteiger partial charge in [-0.05, 0) is 23.6 Å². The van der Waals surface area contributed by atoms with Crippen molar-refractivity contribution in [3.63, 3.8) is 0 Å². The molecule has 7 heteroatoms. The lowest BCUT2D eigenvalue weighted by molar-refractivity contribution is -0.116. The Kier molecular flexibility index (Phi) is 5.70. The van der Waals surface area contributed by atoms with E-state index in [1.54, 1.807) is 6.20 Å². The summed E-state index contributed by atoms with van der Waals surface area (Å²) in [6.45, 7) is 4.27. The Labute approximate surface area is 139 Å². The SMILES string of the molecule is CC(C)c1cnc(NC(=O)Cc2ccc(NCC(N)=O)cc2)s1. The topological polar surface area (TPSA) is 97.1 Å². The molecular weight excluding hydrogens is 312 g/mol. The Morgan fingerprint density at radius 1 is 1.26 bits per heavy atom. The number of rotatable bonds is 7. The van der Waals surface area contributed by atoms with Crippen LogP contribution in [-0.2, 0) is 16.0 Å². The molecule has 0 bridgehead atoms. The van der Waals surface area contributed by atoms with Gasteiger partial charge in [0.1, 0.15) is 0 Å². The Morgan fingerprint density at radius 3 is 2.52 bits per heavy atom. The zero-order valence-electron chi connectivity index (χ0n) is 13.1. The van der Waals surface area contributed by atoms with E-state index in [-0.39, 0.29) is 18.9 Å². The van der Waals surface area contributed by atoms with Crippen molar-refractivity contribution in [2.45, 2.75) is 26.2 Å². The first-order valence-corrected chi connectivity index (χ1v) is 8.12. The molecule has 1 heterocycles. The van der Waals surface area contributed by atoms with Gasteiger partial charge in [0.2, 0.25) is 11.8 Å². The highest BCUT2D eigenvalue weighted by atomic mass is 32.1. The van der Waals surface area contributed by atoms with E-state index >= 15 is 0 Å². The summed E-state index contributed by atoms with van der Waals surface area (Å²) in [6.07, 6.45) is 2.07. The molecule has 0 saturated heterocycles. The molecule has 0 spiro atoms. The highest BCUT2D eigenvalue weighted by Crippen LogP contribution is 2.25. The second kappa shape index (κ2) is 7.73. The minimum Gasteiger partial charge on any atom is -0.376 e. The molecule has 0 saturated carbocycles. The van der Waals surface area contributed by atoms with Crippen molar-refractivity contribution in [3.8, 4) is 0 Å². The molecule has 0 aliphatic carbocycles. The van der Waals surface area contributed by atoms with Crippen LogP contribution in [0.4, 0.5) is 10.8 Å². The maximum atomic E-state index is 12.0. The first-order chi connectivity index (χ1) is 10.9. The molecule has 2 amide bonds. The van der Waals surface area contributed by atoms with Crippen LogP contribution in [0.1, 0.15) is 30.2 Å². The average molecular weight is 332 g/mol. The lowest BCUT2D eigenvalue weighted by atomic mass is 10.1. The molecule has 0 aliphatic rings.